The number of amides is 2. The Kier molecular flexibility index (Phi) is 3.93. The molecule has 0 unspecified atom stereocenters. The number of hydrogen-bond acceptors (Lipinski definition) is 4. The second-order valence-corrected chi connectivity index (χ2v) is 5.90. The van der Waals surface area contributed by atoms with E-state index >= 15 is 0 Å². The highest BCUT2D eigenvalue weighted by Gasteiger charge is 2.28. The van der Waals surface area contributed by atoms with Crippen LogP contribution in [0.3, 0.4) is 0 Å². The maximum absolute atomic E-state index is 12.3. The van der Waals surface area contributed by atoms with E-state index in [9.17, 15) is 4.79 Å². The van der Waals surface area contributed by atoms with Crippen molar-refractivity contribution in [2.45, 2.75) is 11.7 Å². The summed E-state index contributed by atoms with van der Waals surface area (Å²) in [6, 6.07) is 4.80. The number of rotatable bonds is 2. The van der Waals surface area contributed by atoms with Crippen LogP contribution in [0.5, 0.6) is 0 Å². The molecular weight excluding hydrogens is 331 g/mol. The van der Waals surface area contributed by atoms with Gasteiger partial charge in [-0.1, -0.05) is 41.0 Å². The summed E-state index contributed by atoms with van der Waals surface area (Å²) >= 11 is 13.7. The summed E-state index contributed by atoms with van der Waals surface area (Å²) in [7, 11) is 0. The van der Waals surface area contributed by atoms with Crippen LogP contribution >= 0.6 is 35.0 Å². The molecule has 0 atom stereocenters. The molecule has 1 N–H and O–H groups in total. The van der Waals surface area contributed by atoms with Crippen molar-refractivity contribution in [3.05, 3.63) is 40.0 Å². The van der Waals surface area contributed by atoms with E-state index in [0.29, 0.717) is 33.3 Å². The highest BCUT2D eigenvalue weighted by Crippen LogP contribution is 2.36. The maximum Gasteiger partial charge on any atom is 0.327 e. The van der Waals surface area contributed by atoms with E-state index in [-0.39, 0.29) is 6.03 Å². The summed E-state index contributed by atoms with van der Waals surface area (Å²) in [4.78, 5) is 22.3. The summed E-state index contributed by atoms with van der Waals surface area (Å²) in [5, 5.41) is 4.19. The average molecular weight is 341 g/mol. The third-order valence-corrected chi connectivity index (χ3v) is 4.20. The van der Waals surface area contributed by atoms with Crippen molar-refractivity contribution in [3.8, 4) is 0 Å². The fourth-order valence-corrected chi connectivity index (χ4v) is 2.99. The van der Waals surface area contributed by atoms with Crippen molar-refractivity contribution in [2.24, 2.45) is 0 Å². The quantitative estimate of drug-likeness (QED) is 0.661. The second kappa shape index (κ2) is 5.71. The zero-order chi connectivity index (χ0) is 15.0. The first kappa shape index (κ1) is 14.4. The summed E-state index contributed by atoms with van der Waals surface area (Å²) in [5.41, 5.74) is 1.29. The van der Waals surface area contributed by atoms with Crippen LogP contribution in [0.2, 0.25) is 10.0 Å². The van der Waals surface area contributed by atoms with Crippen LogP contribution in [0.4, 0.5) is 16.3 Å². The topological polar surface area (TPSA) is 58.1 Å². The normalized spacial score (nSPS) is 13.9. The van der Waals surface area contributed by atoms with Gasteiger partial charge in [0.05, 0.1) is 22.3 Å². The third-order valence-electron chi connectivity index (χ3n) is 3.03. The number of nitrogens with zero attached hydrogens (tertiary/aromatic N) is 3. The number of anilines is 2. The molecule has 0 spiro atoms. The van der Waals surface area contributed by atoms with Crippen LogP contribution in [-0.4, -0.2) is 22.3 Å². The number of carbonyl (C=O) groups is 1. The second-order valence-electron chi connectivity index (χ2n) is 4.32. The lowest BCUT2D eigenvalue weighted by Crippen LogP contribution is -2.39. The minimum absolute atomic E-state index is 0.316. The number of para-hydroxylation sites is 1. The molecule has 2 amide bonds. The molecule has 108 valence electrons. The molecule has 0 radical (unpaired) electrons. The van der Waals surface area contributed by atoms with Crippen molar-refractivity contribution in [2.75, 3.05) is 16.5 Å². The number of hydrogen-bond donors (Lipinski definition) is 1. The fourth-order valence-electron chi connectivity index (χ4n) is 2.05. The predicted octanol–water partition coefficient (Wildman–Crippen LogP) is 4.06. The van der Waals surface area contributed by atoms with Crippen molar-refractivity contribution >= 4 is 52.5 Å². The molecule has 0 aliphatic carbocycles. The average Bonchev–Trinajstić information content (AvgIpc) is 2.47. The Morgan fingerprint density at radius 2 is 2.05 bits per heavy atom. The van der Waals surface area contributed by atoms with Crippen LogP contribution in [0.25, 0.3) is 0 Å². The first-order valence-electron chi connectivity index (χ1n) is 6.02. The molecule has 3 rings (SSSR count). The maximum atomic E-state index is 12.3. The first-order chi connectivity index (χ1) is 10.1. The van der Waals surface area contributed by atoms with Gasteiger partial charge in [0.15, 0.2) is 5.16 Å². The molecule has 8 heteroatoms. The van der Waals surface area contributed by atoms with E-state index in [4.69, 9.17) is 23.2 Å². The Labute approximate surface area is 135 Å². The Bertz CT molecular complexity index is 705. The molecular formula is C13H10Cl2N4OS. The Morgan fingerprint density at radius 1 is 1.33 bits per heavy atom. The lowest BCUT2D eigenvalue weighted by Gasteiger charge is -2.29. The van der Waals surface area contributed by atoms with Gasteiger partial charge in [0, 0.05) is 11.8 Å². The summed E-state index contributed by atoms with van der Waals surface area (Å²) in [6.45, 7) is 0.319. The molecule has 21 heavy (non-hydrogen) atoms. The molecule has 0 bridgehead atoms. The Hall–Kier alpha value is -1.50. The van der Waals surface area contributed by atoms with Gasteiger partial charge >= 0.3 is 6.03 Å². The fraction of sp³-hybridized carbons (Fsp3) is 0.154. The van der Waals surface area contributed by atoms with Crippen molar-refractivity contribution in [3.63, 3.8) is 0 Å². The molecule has 2 aromatic rings. The van der Waals surface area contributed by atoms with Gasteiger partial charge in [-0.15, -0.1) is 0 Å². The SMILES string of the molecule is CSc1ncc2c(n1)NC(=O)N(c1c(Cl)cccc1Cl)C2. The number of urea groups is 1. The van der Waals surface area contributed by atoms with Crippen LogP contribution in [0.1, 0.15) is 5.56 Å². The number of fused-ring (bicyclic) bond motifs is 1. The standard InChI is InChI=1S/C13H10Cl2N4OS/c1-21-12-16-5-7-6-19(13(20)18-11(7)17-12)10-8(14)3-2-4-9(10)15/h2-5H,6H2,1H3,(H,16,17,18,20). The van der Waals surface area contributed by atoms with Crippen molar-refractivity contribution in [1.82, 2.24) is 9.97 Å². The highest BCUT2D eigenvalue weighted by atomic mass is 35.5. The van der Waals surface area contributed by atoms with Gasteiger partial charge < -0.3 is 0 Å². The number of aromatic nitrogens is 2. The van der Waals surface area contributed by atoms with Gasteiger partial charge in [0.2, 0.25) is 0 Å². The number of nitrogens with one attached hydrogen (secondary N) is 1. The van der Waals surface area contributed by atoms with E-state index in [1.54, 1.807) is 24.4 Å². The summed E-state index contributed by atoms with van der Waals surface area (Å²) < 4.78 is 0. The minimum atomic E-state index is -0.316. The van der Waals surface area contributed by atoms with Crippen LogP contribution in [-0.2, 0) is 6.54 Å². The molecule has 5 nitrogen and oxygen atoms in total. The van der Waals surface area contributed by atoms with E-state index in [2.05, 4.69) is 15.3 Å². The monoisotopic (exact) mass is 340 g/mol. The van der Waals surface area contributed by atoms with Crippen LogP contribution in [0, 0.1) is 0 Å². The van der Waals surface area contributed by atoms with E-state index in [0.717, 1.165) is 5.56 Å². The smallest absolute Gasteiger partial charge is 0.291 e. The van der Waals surface area contributed by atoms with Crippen LogP contribution < -0.4 is 10.2 Å². The molecule has 0 saturated carbocycles. The highest BCUT2D eigenvalue weighted by molar-refractivity contribution is 7.98. The molecule has 0 fully saturated rings. The Balaban J connectivity index is 2.01. The van der Waals surface area contributed by atoms with Crippen molar-refractivity contribution in [1.29, 1.82) is 0 Å². The molecule has 1 aliphatic rings. The molecule has 1 aromatic heterocycles. The number of benzene rings is 1. The lowest BCUT2D eigenvalue weighted by molar-refractivity contribution is 0.256. The summed E-state index contributed by atoms with van der Waals surface area (Å²) in [6.07, 6.45) is 3.58. The van der Waals surface area contributed by atoms with Gasteiger partial charge in [0.1, 0.15) is 5.82 Å². The van der Waals surface area contributed by atoms with Crippen LogP contribution in [0.15, 0.2) is 29.6 Å². The molecule has 2 heterocycles. The van der Waals surface area contributed by atoms with E-state index < -0.39 is 0 Å². The van der Waals surface area contributed by atoms with Crippen molar-refractivity contribution < 1.29 is 4.79 Å². The number of halogens is 2. The number of thioether (sulfide) groups is 1. The van der Waals surface area contributed by atoms with Gasteiger partial charge in [-0.05, 0) is 18.4 Å². The largest absolute Gasteiger partial charge is 0.327 e. The van der Waals surface area contributed by atoms with E-state index in [1.165, 1.54) is 16.7 Å². The van der Waals surface area contributed by atoms with Gasteiger partial charge in [-0.2, -0.15) is 0 Å². The zero-order valence-electron chi connectivity index (χ0n) is 10.9. The predicted molar refractivity (Wildman–Crippen MR) is 85.5 cm³/mol. The molecule has 0 saturated heterocycles. The molecule has 1 aromatic carbocycles. The number of carbonyl (C=O) groups excluding carboxylic acids is 1. The lowest BCUT2D eigenvalue weighted by atomic mass is 10.2. The third kappa shape index (κ3) is 2.66. The summed E-state index contributed by atoms with van der Waals surface area (Å²) in [5.74, 6) is 0.527. The van der Waals surface area contributed by atoms with Gasteiger partial charge in [-0.3, -0.25) is 10.2 Å². The molecule has 1 aliphatic heterocycles. The Morgan fingerprint density at radius 3 is 2.71 bits per heavy atom. The van der Waals surface area contributed by atoms with E-state index in [1.807, 2.05) is 6.26 Å². The minimum Gasteiger partial charge on any atom is -0.291 e. The van der Waals surface area contributed by atoms with Gasteiger partial charge in [0.25, 0.3) is 0 Å². The van der Waals surface area contributed by atoms with Gasteiger partial charge in [-0.25, -0.2) is 14.8 Å². The first-order valence-corrected chi connectivity index (χ1v) is 8.00. The zero-order valence-corrected chi connectivity index (χ0v) is 13.3.